The quantitative estimate of drug-likeness (QED) is 0.675. The van der Waals surface area contributed by atoms with Crippen molar-refractivity contribution < 1.29 is 15.0 Å². The summed E-state index contributed by atoms with van der Waals surface area (Å²) < 4.78 is 8.59. The number of pyridine rings is 1. The van der Waals surface area contributed by atoms with Crippen LogP contribution in [0, 0.1) is 0 Å². The van der Waals surface area contributed by atoms with Crippen molar-refractivity contribution >= 4 is 21.6 Å². The number of hydrogen-bond donors (Lipinski definition) is 2. The minimum absolute atomic E-state index is 0.869. The van der Waals surface area contributed by atoms with Crippen LogP contribution < -0.4 is 15.0 Å². The summed E-state index contributed by atoms with van der Waals surface area (Å²) in [6, 6.07) is 12.3. The molecule has 1 aliphatic rings. The number of imidazole rings is 1. The lowest BCUT2D eigenvalue weighted by molar-refractivity contribution is -0.958. The van der Waals surface area contributed by atoms with Crippen LogP contribution in [0.1, 0.15) is 5.69 Å². The lowest BCUT2D eigenvalue weighted by Crippen LogP contribution is -3.19. The predicted octanol–water partition coefficient (Wildman–Crippen LogP) is 0.734. The molecule has 0 spiro atoms. The SMILES string of the molecule is COc1ccc(-c2nc3ccc(Br)cn3c2C[NH+]2CC[NH2+]CC2)cc1. The molecule has 5 nitrogen and oxygen atoms in total. The number of aromatic nitrogens is 2. The lowest BCUT2D eigenvalue weighted by atomic mass is 10.1. The standard InChI is InChI=1S/C19H21BrN4O/c1-25-16-5-2-14(3-6-16)19-17(13-23-10-8-21-9-11-23)24-12-15(20)4-7-18(24)22-19/h2-7,12,21H,8-11,13H2,1H3/p+2. The number of benzene rings is 1. The summed E-state index contributed by atoms with van der Waals surface area (Å²) in [5.41, 5.74) is 4.48. The third kappa shape index (κ3) is 3.42. The topological polar surface area (TPSA) is 47.6 Å². The van der Waals surface area contributed by atoms with E-state index in [0.29, 0.717) is 0 Å². The van der Waals surface area contributed by atoms with Crippen molar-refractivity contribution in [1.29, 1.82) is 0 Å². The Balaban J connectivity index is 1.79. The van der Waals surface area contributed by atoms with Gasteiger partial charge in [-0.05, 0) is 52.3 Å². The number of rotatable bonds is 4. The van der Waals surface area contributed by atoms with Crippen molar-refractivity contribution in [3.05, 3.63) is 52.8 Å². The molecule has 25 heavy (non-hydrogen) atoms. The third-order valence-electron chi connectivity index (χ3n) is 4.87. The number of methoxy groups -OCH3 is 1. The Morgan fingerprint density at radius 1 is 1.16 bits per heavy atom. The van der Waals surface area contributed by atoms with Crippen molar-refractivity contribution in [3.63, 3.8) is 0 Å². The molecule has 3 aromatic rings. The van der Waals surface area contributed by atoms with Gasteiger partial charge >= 0.3 is 0 Å². The van der Waals surface area contributed by atoms with Gasteiger partial charge in [0.15, 0.2) is 0 Å². The molecule has 130 valence electrons. The fourth-order valence-corrected chi connectivity index (χ4v) is 3.85. The Morgan fingerprint density at radius 3 is 2.64 bits per heavy atom. The monoisotopic (exact) mass is 402 g/mol. The number of nitrogens with zero attached hydrogens (tertiary/aromatic N) is 2. The van der Waals surface area contributed by atoms with E-state index in [1.807, 2.05) is 18.2 Å². The molecule has 6 heteroatoms. The molecule has 3 heterocycles. The number of halogens is 1. The van der Waals surface area contributed by atoms with Crippen LogP contribution in [0.3, 0.4) is 0 Å². The van der Waals surface area contributed by atoms with Gasteiger partial charge in [0, 0.05) is 16.2 Å². The van der Waals surface area contributed by atoms with Crippen LogP contribution in [0.25, 0.3) is 16.9 Å². The van der Waals surface area contributed by atoms with Crippen LogP contribution in [-0.2, 0) is 6.54 Å². The van der Waals surface area contributed by atoms with Gasteiger partial charge in [-0.15, -0.1) is 0 Å². The predicted molar refractivity (Wildman–Crippen MR) is 101 cm³/mol. The summed E-state index contributed by atoms with van der Waals surface area (Å²) >= 11 is 3.60. The summed E-state index contributed by atoms with van der Waals surface area (Å²) in [6.07, 6.45) is 2.13. The first-order valence-electron chi connectivity index (χ1n) is 8.71. The van der Waals surface area contributed by atoms with Crippen LogP contribution in [0.15, 0.2) is 47.1 Å². The van der Waals surface area contributed by atoms with Gasteiger partial charge < -0.3 is 15.0 Å². The molecule has 1 aromatic carbocycles. The average Bonchev–Trinajstić information content (AvgIpc) is 3.00. The summed E-state index contributed by atoms with van der Waals surface area (Å²) in [5.74, 6) is 0.869. The largest absolute Gasteiger partial charge is 0.497 e. The van der Waals surface area contributed by atoms with E-state index in [0.717, 1.165) is 33.7 Å². The van der Waals surface area contributed by atoms with Gasteiger partial charge in [0.25, 0.3) is 0 Å². The molecule has 0 unspecified atom stereocenters. The molecule has 0 radical (unpaired) electrons. The zero-order valence-electron chi connectivity index (χ0n) is 14.3. The highest BCUT2D eigenvalue weighted by atomic mass is 79.9. The normalized spacial score (nSPS) is 15.6. The second-order valence-corrected chi connectivity index (χ2v) is 7.42. The van der Waals surface area contributed by atoms with E-state index >= 15 is 0 Å². The van der Waals surface area contributed by atoms with E-state index in [1.54, 1.807) is 12.0 Å². The molecule has 2 aromatic heterocycles. The van der Waals surface area contributed by atoms with Gasteiger partial charge in [-0.1, -0.05) is 0 Å². The van der Waals surface area contributed by atoms with Crippen LogP contribution in [0.5, 0.6) is 5.75 Å². The Hall–Kier alpha value is -1.89. The van der Waals surface area contributed by atoms with Crippen molar-refractivity contribution in [1.82, 2.24) is 9.38 Å². The fourth-order valence-electron chi connectivity index (χ4n) is 3.51. The lowest BCUT2D eigenvalue weighted by Gasteiger charge is -2.22. The van der Waals surface area contributed by atoms with Crippen molar-refractivity contribution in [2.24, 2.45) is 0 Å². The number of hydrogen-bond acceptors (Lipinski definition) is 2. The Kier molecular flexibility index (Phi) is 4.74. The zero-order valence-corrected chi connectivity index (χ0v) is 15.9. The minimum Gasteiger partial charge on any atom is -0.497 e. The molecule has 0 atom stereocenters. The average molecular weight is 403 g/mol. The van der Waals surface area contributed by atoms with Crippen LogP contribution in [-0.4, -0.2) is 42.7 Å². The maximum Gasteiger partial charge on any atom is 0.137 e. The molecule has 1 fully saturated rings. The number of nitrogens with two attached hydrogens (primary N) is 1. The summed E-state index contributed by atoms with van der Waals surface area (Å²) in [5, 5.41) is 2.40. The molecule has 1 aliphatic heterocycles. The summed E-state index contributed by atoms with van der Waals surface area (Å²) in [7, 11) is 1.69. The number of piperazine rings is 1. The van der Waals surface area contributed by atoms with Gasteiger partial charge in [0.1, 0.15) is 49.8 Å². The van der Waals surface area contributed by atoms with E-state index in [2.05, 4.69) is 50.0 Å². The van der Waals surface area contributed by atoms with E-state index < -0.39 is 0 Å². The smallest absolute Gasteiger partial charge is 0.137 e. The highest BCUT2D eigenvalue weighted by Gasteiger charge is 2.22. The van der Waals surface area contributed by atoms with E-state index in [4.69, 9.17) is 9.72 Å². The van der Waals surface area contributed by atoms with Crippen molar-refractivity contribution in [2.45, 2.75) is 6.54 Å². The molecule has 0 aliphatic carbocycles. The summed E-state index contributed by atoms with van der Waals surface area (Å²) in [4.78, 5) is 6.55. The van der Waals surface area contributed by atoms with Crippen LogP contribution in [0.2, 0.25) is 0 Å². The summed E-state index contributed by atoms with van der Waals surface area (Å²) in [6.45, 7) is 5.79. The zero-order chi connectivity index (χ0) is 17.2. The molecule has 0 amide bonds. The highest BCUT2D eigenvalue weighted by molar-refractivity contribution is 9.10. The third-order valence-corrected chi connectivity index (χ3v) is 5.34. The molecule has 0 bridgehead atoms. The number of quaternary nitrogens is 2. The number of nitrogens with one attached hydrogen (secondary N) is 1. The van der Waals surface area contributed by atoms with E-state index in [-0.39, 0.29) is 0 Å². The molecular weight excluding hydrogens is 380 g/mol. The molecular formula is C19H23BrN4O+2. The van der Waals surface area contributed by atoms with Gasteiger partial charge in [-0.3, -0.25) is 4.40 Å². The van der Waals surface area contributed by atoms with E-state index in [1.165, 1.54) is 31.9 Å². The first-order chi connectivity index (χ1) is 12.2. The Morgan fingerprint density at radius 2 is 1.92 bits per heavy atom. The Labute approximate surface area is 155 Å². The highest BCUT2D eigenvalue weighted by Crippen LogP contribution is 2.27. The van der Waals surface area contributed by atoms with Gasteiger partial charge in [0.05, 0.1) is 12.8 Å². The molecule has 0 saturated carbocycles. The molecule has 3 N–H and O–H groups in total. The maximum atomic E-state index is 5.29. The fraction of sp³-hybridized carbons (Fsp3) is 0.316. The van der Waals surface area contributed by atoms with Gasteiger partial charge in [0.2, 0.25) is 0 Å². The van der Waals surface area contributed by atoms with Crippen molar-refractivity contribution in [2.75, 3.05) is 33.3 Å². The number of ether oxygens (including phenoxy) is 1. The minimum atomic E-state index is 0.869. The second kappa shape index (κ2) is 7.15. The maximum absolute atomic E-state index is 5.29. The molecule has 4 rings (SSSR count). The van der Waals surface area contributed by atoms with E-state index in [9.17, 15) is 0 Å². The van der Waals surface area contributed by atoms with Crippen LogP contribution >= 0.6 is 15.9 Å². The number of fused-ring (bicyclic) bond motifs is 1. The van der Waals surface area contributed by atoms with Crippen molar-refractivity contribution in [3.8, 4) is 17.0 Å². The molecule has 1 saturated heterocycles. The second-order valence-electron chi connectivity index (χ2n) is 6.50. The van der Waals surface area contributed by atoms with Gasteiger partial charge in [-0.25, -0.2) is 4.98 Å². The van der Waals surface area contributed by atoms with Gasteiger partial charge in [-0.2, -0.15) is 0 Å². The van der Waals surface area contributed by atoms with Crippen LogP contribution in [0.4, 0.5) is 0 Å². The first-order valence-corrected chi connectivity index (χ1v) is 9.50. The Bertz CT molecular complexity index is 869. The first kappa shape index (κ1) is 16.6.